The van der Waals surface area contributed by atoms with Gasteiger partial charge in [0.2, 0.25) is 11.8 Å². The third kappa shape index (κ3) is 4.92. The molecule has 2 atom stereocenters. The maximum Gasteiger partial charge on any atom is 0.242 e. The summed E-state index contributed by atoms with van der Waals surface area (Å²) in [6, 6.07) is 7.79. The van der Waals surface area contributed by atoms with E-state index in [1.165, 1.54) is 17.0 Å². The molecule has 0 bridgehead atoms. The number of fused-ring (bicyclic) bond motifs is 1. The minimum atomic E-state index is -0.313. The van der Waals surface area contributed by atoms with Crippen molar-refractivity contribution in [3.63, 3.8) is 0 Å². The Morgan fingerprint density at radius 1 is 1.26 bits per heavy atom. The average molecular weight is 445 g/mol. The number of hydrogen-bond acceptors (Lipinski definition) is 4. The van der Waals surface area contributed by atoms with Crippen LogP contribution in [0.4, 0.5) is 4.39 Å². The lowest BCUT2D eigenvalue weighted by molar-refractivity contribution is -0.145. The topological polar surface area (TPSA) is 49.9 Å². The molecule has 0 radical (unpaired) electrons. The van der Waals surface area contributed by atoms with Crippen molar-refractivity contribution in [2.45, 2.75) is 51.6 Å². The van der Waals surface area contributed by atoms with Gasteiger partial charge in [-0.1, -0.05) is 6.92 Å². The van der Waals surface area contributed by atoms with Gasteiger partial charge >= 0.3 is 0 Å². The van der Waals surface area contributed by atoms with E-state index in [0.717, 1.165) is 31.2 Å². The number of ether oxygens (including phenoxy) is 1. The molecule has 1 saturated carbocycles. The second-order valence-electron chi connectivity index (χ2n) is 8.41. The van der Waals surface area contributed by atoms with Crippen LogP contribution in [0.5, 0.6) is 5.75 Å². The van der Waals surface area contributed by atoms with Crippen molar-refractivity contribution >= 4 is 23.2 Å². The Hall–Kier alpha value is -2.41. The third-order valence-corrected chi connectivity index (χ3v) is 7.27. The first-order chi connectivity index (χ1) is 15.0. The third-order valence-electron chi connectivity index (χ3n) is 6.27. The Morgan fingerprint density at radius 3 is 2.68 bits per heavy atom. The molecule has 2 aromatic rings. The molecule has 0 N–H and O–H groups in total. The summed E-state index contributed by atoms with van der Waals surface area (Å²) >= 11 is 1.70. The van der Waals surface area contributed by atoms with Crippen LogP contribution in [0.2, 0.25) is 0 Å². The van der Waals surface area contributed by atoms with Gasteiger partial charge in [-0.15, -0.1) is 11.3 Å². The molecule has 0 saturated heterocycles. The first kappa shape index (κ1) is 21.8. The van der Waals surface area contributed by atoms with E-state index in [9.17, 15) is 14.0 Å². The molecule has 2 aliphatic rings. The highest BCUT2D eigenvalue weighted by Gasteiger charge is 2.38. The molecule has 4 rings (SSSR count). The smallest absolute Gasteiger partial charge is 0.242 e. The second kappa shape index (κ2) is 9.39. The number of carbonyl (C=O) groups is 2. The lowest BCUT2D eigenvalue weighted by atomic mass is 10.00. The van der Waals surface area contributed by atoms with E-state index in [2.05, 4.69) is 6.07 Å². The molecule has 1 fully saturated rings. The van der Waals surface area contributed by atoms with E-state index in [1.807, 2.05) is 24.1 Å². The van der Waals surface area contributed by atoms with Gasteiger partial charge in [0.05, 0.1) is 6.04 Å². The standard InChI is InChI=1S/C24H29FN2O3S/c1-3-16(2)27(24(29)17-4-5-17)14-23(28)26-12-10-22-20(11-13-31-22)21(26)15-30-19-8-6-18(25)7-9-19/h6-9,11,13,16-17,21H,3-5,10,12,14-15H2,1-2H3/t16-,21+/m0/s1. The van der Waals surface area contributed by atoms with E-state index in [0.29, 0.717) is 18.9 Å². The lowest BCUT2D eigenvalue weighted by Gasteiger charge is -2.38. The Bertz CT molecular complexity index is 925. The maximum absolute atomic E-state index is 13.4. The van der Waals surface area contributed by atoms with Gasteiger partial charge in [0.25, 0.3) is 0 Å². The Morgan fingerprint density at radius 2 is 2.00 bits per heavy atom. The van der Waals surface area contributed by atoms with Crippen molar-refractivity contribution < 1.29 is 18.7 Å². The number of halogens is 1. The van der Waals surface area contributed by atoms with E-state index < -0.39 is 0 Å². The van der Waals surface area contributed by atoms with Crippen molar-refractivity contribution in [1.82, 2.24) is 9.80 Å². The monoisotopic (exact) mass is 444 g/mol. The molecule has 5 nitrogen and oxygen atoms in total. The van der Waals surface area contributed by atoms with E-state index in [4.69, 9.17) is 4.74 Å². The number of amides is 2. The lowest BCUT2D eigenvalue weighted by Crippen LogP contribution is -2.50. The molecule has 1 aliphatic heterocycles. The molecule has 7 heteroatoms. The van der Waals surface area contributed by atoms with Gasteiger partial charge in [0.1, 0.15) is 24.7 Å². The summed E-state index contributed by atoms with van der Waals surface area (Å²) in [6.07, 6.45) is 3.48. The van der Waals surface area contributed by atoms with Gasteiger partial charge in [-0.2, -0.15) is 0 Å². The highest BCUT2D eigenvalue weighted by molar-refractivity contribution is 7.10. The van der Waals surface area contributed by atoms with Gasteiger partial charge in [-0.05, 0) is 73.9 Å². The Kier molecular flexibility index (Phi) is 6.60. The van der Waals surface area contributed by atoms with E-state index in [-0.39, 0.29) is 42.2 Å². The van der Waals surface area contributed by atoms with Gasteiger partial charge in [-0.25, -0.2) is 4.39 Å². The summed E-state index contributed by atoms with van der Waals surface area (Å²) in [4.78, 5) is 31.1. The zero-order chi connectivity index (χ0) is 22.0. The number of carbonyl (C=O) groups excluding carboxylic acids is 2. The Balaban J connectivity index is 1.50. The molecule has 31 heavy (non-hydrogen) atoms. The predicted molar refractivity (Wildman–Crippen MR) is 119 cm³/mol. The van der Waals surface area contributed by atoms with Crippen LogP contribution in [0.3, 0.4) is 0 Å². The molecule has 1 aromatic carbocycles. The number of nitrogens with zero attached hydrogens (tertiary/aromatic N) is 2. The minimum Gasteiger partial charge on any atom is -0.491 e. The summed E-state index contributed by atoms with van der Waals surface area (Å²) < 4.78 is 19.1. The largest absolute Gasteiger partial charge is 0.491 e. The number of rotatable bonds is 8. The molecule has 1 aromatic heterocycles. The minimum absolute atomic E-state index is 0.0347. The van der Waals surface area contributed by atoms with Crippen LogP contribution >= 0.6 is 11.3 Å². The maximum atomic E-state index is 13.4. The van der Waals surface area contributed by atoms with Crippen molar-refractivity contribution in [2.24, 2.45) is 5.92 Å². The molecule has 1 aliphatic carbocycles. The van der Waals surface area contributed by atoms with Crippen LogP contribution < -0.4 is 4.74 Å². The first-order valence-corrected chi connectivity index (χ1v) is 11.9. The predicted octanol–water partition coefficient (Wildman–Crippen LogP) is 4.43. The fraction of sp³-hybridized carbons (Fsp3) is 0.500. The summed E-state index contributed by atoms with van der Waals surface area (Å²) in [5.41, 5.74) is 1.11. The SMILES string of the molecule is CC[C@H](C)N(CC(=O)N1CCc2sccc2[C@H]1COc1ccc(F)cc1)C(=O)C1CC1. The summed E-state index contributed by atoms with van der Waals surface area (Å²) in [7, 11) is 0. The highest BCUT2D eigenvalue weighted by Crippen LogP contribution is 2.35. The molecule has 0 unspecified atom stereocenters. The highest BCUT2D eigenvalue weighted by atomic mass is 32.1. The van der Waals surface area contributed by atoms with Gasteiger partial charge in [0, 0.05) is 23.4 Å². The fourth-order valence-electron chi connectivity index (χ4n) is 4.05. The van der Waals surface area contributed by atoms with Crippen molar-refractivity contribution in [3.8, 4) is 5.75 Å². The van der Waals surface area contributed by atoms with Gasteiger partial charge in [-0.3, -0.25) is 9.59 Å². The molecular formula is C24H29FN2O3S. The Labute approximate surface area is 186 Å². The number of benzene rings is 1. The first-order valence-electron chi connectivity index (χ1n) is 11.0. The van der Waals surface area contributed by atoms with Crippen LogP contribution in [0.1, 0.15) is 49.6 Å². The second-order valence-corrected chi connectivity index (χ2v) is 9.42. The average Bonchev–Trinajstić information content (AvgIpc) is 3.52. The molecule has 2 heterocycles. The number of thiophene rings is 1. The van der Waals surface area contributed by atoms with Crippen molar-refractivity contribution in [1.29, 1.82) is 0 Å². The number of hydrogen-bond donors (Lipinski definition) is 0. The van der Waals surface area contributed by atoms with Crippen molar-refractivity contribution in [3.05, 3.63) is 52.0 Å². The molecule has 166 valence electrons. The van der Waals surface area contributed by atoms with Crippen molar-refractivity contribution in [2.75, 3.05) is 19.7 Å². The van der Waals surface area contributed by atoms with Crippen LogP contribution in [0.15, 0.2) is 35.7 Å². The zero-order valence-corrected chi connectivity index (χ0v) is 18.9. The van der Waals surface area contributed by atoms with E-state index in [1.54, 1.807) is 28.4 Å². The van der Waals surface area contributed by atoms with Crippen LogP contribution in [0, 0.1) is 11.7 Å². The molecular weight excluding hydrogens is 415 g/mol. The summed E-state index contributed by atoms with van der Waals surface area (Å²) in [5, 5.41) is 2.05. The normalized spacial score (nSPS) is 18.9. The van der Waals surface area contributed by atoms with Crippen LogP contribution in [-0.4, -0.2) is 47.4 Å². The van der Waals surface area contributed by atoms with Crippen LogP contribution in [0.25, 0.3) is 0 Å². The molecule has 2 amide bonds. The summed E-state index contributed by atoms with van der Waals surface area (Å²) in [6.45, 7) is 5.06. The van der Waals surface area contributed by atoms with E-state index >= 15 is 0 Å². The van der Waals surface area contributed by atoms with Gasteiger partial charge in [0.15, 0.2) is 0 Å². The zero-order valence-electron chi connectivity index (χ0n) is 18.1. The summed E-state index contributed by atoms with van der Waals surface area (Å²) in [5.74, 6) is 0.409. The van der Waals surface area contributed by atoms with Gasteiger partial charge < -0.3 is 14.5 Å². The van der Waals surface area contributed by atoms with Crippen LogP contribution in [-0.2, 0) is 16.0 Å². The fourth-order valence-corrected chi connectivity index (χ4v) is 4.98. The quantitative estimate of drug-likeness (QED) is 0.605. The molecule has 0 spiro atoms.